The van der Waals surface area contributed by atoms with Gasteiger partial charge in [-0.15, -0.1) is 11.3 Å². The molecule has 6 heteroatoms. The van der Waals surface area contributed by atoms with Crippen LogP contribution in [0.2, 0.25) is 0 Å². The minimum Gasteiger partial charge on any atom is -0.312 e. The fraction of sp³-hybridized carbons (Fsp3) is 0.450. The Morgan fingerprint density at radius 1 is 1.35 bits per heavy atom. The van der Waals surface area contributed by atoms with Gasteiger partial charge in [-0.1, -0.05) is 13.0 Å². The lowest BCUT2D eigenvalue weighted by molar-refractivity contribution is -0.120. The standard InChI is InChI=1S/C20H23N3O2S/c1-2-4-18(24)22-20-21-16(12-26-20)14-8-9-17-15(11-14)5-3-10-23(17)19(25)13-6-7-13/h8-9,11-13H,2-7,10H2,1H3,(H,21,22,24). The number of carbonyl (C=O) groups excluding carboxylic acids is 2. The van der Waals surface area contributed by atoms with E-state index in [1.54, 1.807) is 0 Å². The Morgan fingerprint density at radius 3 is 2.96 bits per heavy atom. The van der Waals surface area contributed by atoms with E-state index in [1.165, 1.54) is 16.9 Å². The molecule has 2 aliphatic rings. The normalized spacial score (nSPS) is 16.3. The third-order valence-corrected chi connectivity index (χ3v) is 5.67. The van der Waals surface area contributed by atoms with Gasteiger partial charge in [0.15, 0.2) is 5.13 Å². The molecule has 2 aromatic rings. The van der Waals surface area contributed by atoms with Crippen LogP contribution in [0.5, 0.6) is 0 Å². The number of rotatable bonds is 5. The summed E-state index contributed by atoms with van der Waals surface area (Å²) in [7, 11) is 0. The van der Waals surface area contributed by atoms with E-state index in [9.17, 15) is 9.59 Å². The van der Waals surface area contributed by atoms with Gasteiger partial charge in [0.2, 0.25) is 11.8 Å². The highest BCUT2D eigenvalue weighted by molar-refractivity contribution is 7.14. The van der Waals surface area contributed by atoms with Crippen molar-refractivity contribution in [2.45, 2.75) is 45.4 Å². The fourth-order valence-electron chi connectivity index (χ4n) is 3.41. The largest absolute Gasteiger partial charge is 0.312 e. The number of hydrogen-bond acceptors (Lipinski definition) is 4. The van der Waals surface area contributed by atoms with Crippen molar-refractivity contribution in [1.29, 1.82) is 0 Å². The lowest BCUT2D eigenvalue weighted by atomic mass is 9.98. The van der Waals surface area contributed by atoms with Crippen molar-refractivity contribution in [2.24, 2.45) is 5.92 Å². The molecule has 2 amide bonds. The Bertz CT molecular complexity index is 841. The number of amides is 2. The van der Waals surface area contributed by atoms with Crippen molar-refractivity contribution in [3.63, 3.8) is 0 Å². The SMILES string of the molecule is CCCC(=O)Nc1nc(-c2ccc3c(c2)CCCN3C(=O)C2CC2)cs1. The number of nitrogens with one attached hydrogen (secondary N) is 1. The van der Waals surface area contributed by atoms with Gasteiger partial charge in [-0.25, -0.2) is 4.98 Å². The van der Waals surface area contributed by atoms with Crippen LogP contribution in [0.15, 0.2) is 23.6 Å². The highest BCUT2D eigenvalue weighted by Crippen LogP contribution is 2.37. The first-order chi connectivity index (χ1) is 12.7. The summed E-state index contributed by atoms with van der Waals surface area (Å²) in [4.78, 5) is 30.8. The number of thiazole rings is 1. The lowest BCUT2D eigenvalue weighted by Crippen LogP contribution is -2.36. The zero-order valence-electron chi connectivity index (χ0n) is 15.0. The third-order valence-electron chi connectivity index (χ3n) is 4.91. The molecule has 4 rings (SSSR count). The van der Waals surface area contributed by atoms with Crippen LogP contribution < -0.4 is 10.2 Å². The number of aromatic nitrogens is 1. The number of benzene rings is 1. The molecule has 0 atom stereocenters. The van der Waals surface area contributed by atoms with Crippen LogP contribution >= 0.6 is 11.3 Å². The zero-order valence-corrected chi connectivity index (χ0v) is 15.8. The van der Waals surface area contributed by atoms with Crippen molar-refractivity contribution in [3.8, 4) is 11.3 Å². The average Bonchev–Trinajstić information content (AvgIpc) is 3.40. The summed E-state index contributed by atoms with van der Waals surface area (Å²) < 4.78 is 0. The van der Waals surface area contributed by atoms with Crippen molar-refractivity contribution in [1.82, 2.24) is 4.98 Å². The van der Waals surface area contributed by atoms with E-state index in [0.717, 1.165) is 55.6 Å². The monoisotopic (exact) mass is 369 g/mol. The van der Waals surface area contributed by atoms with E-state index in [-0.39, 0.29) is 17.7 Å². The van der Waals surface area contributed by atoms with E-state index >= 15 is 0 Å². The van der Waals surface area contributed by atoms with Crippen LogP contribution in [0.25, 0.3) is 11.3 Å². The molecule has 1 aromatic carbocycles. The second kappa shape index (κ2) is 7.19. The van der Waals surface area contributed by atoms with Gasteiger partial charge in [-0.05, 0) is 49.8 Å². The predicted octanol–water partition coefficient (Wildman–Crippen LogP) is 4.24. The average molecular weight is 369 g/mol. The predicted molar refractivity (Wildman–Crippen MR) is 104 cm³/mol. The first kappa shape index (κ1) is 17.2. The van der Waals surface area contributed by atoms with Gasteiger partial charge in [-0.3, -0.25) is 9.59 Å². The molecule has 0 radical (unpaired) electrons. The minimum atomic E-state index is 0.00747. The number of anilines is 2. The van der Waals surface area contributed by atoms with Crippen LogP contribution in [-0.2, 0) is 16.0 Å². The molecule has 0 spiro atoms. The number of hydrogen-bond donors (Lipinski definition) is 1. The maximum absolute atomic E-state index is 12.5. The minimum absolute atomic E-state index is 0.00747. The number of nitrogens with zero attached hydrogens (tertiary/aromatic N) is 2. The Balaban J connectivity index is 1.54. The molecule has 1 aromatic heterocycles. The Hall–Kier alpha value is -2.21. The number of fused-ring (bicyclic) bond motifs is 1. The maximum Gasteiger partial charge on any atom is 0.230 e. The maximum atomic E-state index is 12.5. The first-order valence-corrected chi connectivity index (χ1v) is 10.2. The highest BCUT2D eigenvalue weighted by atomic mass is 32.1. The van der Waals surface area contributed by atoms with Gasteiger partial charge in [0.05, 0.1) is 5.69 Å². The van der Waals surface area contributed by atoms with Crippen molar-refractivity contribution >= 4 is 34.0 Å². The molecule has 1 saturated carbocycles. The van der Waals surface area contributed by atoms with E-state index in [2.05, 4.69) is 22.4 Å². The molecule has 1 N–H and O–H groups in total. The molecule has 2 heterocycles. The Kier molecular flexibility index (Phi) is 4.76. The third kappa shape index (κ3) is 3.51. The molecular formula is C20H23N3O2S. The van der Waals surface area contributed by atoms with E-state index in [0.29, 0.717) is 11.6 Å². The van der Waals surface area contributed by atoms with Crippen LogP contribution in [0.4, 0.5) is 10.8 Å². The van der Waals surface area contributed by atoms with Gasteiger partial charge in [0.25, 0.3) is 0 Å². The summed E-state index contributed by atoms with van der Waals surface area (Å²) in [6.07, 6.45) is 5.40. The highest BCUT2D eigenvalue weighted by Gasteiger charge is 2.35. The van der Waals surface area contributed by atoms with Crippen LogP contribution in [0.3, 0.4) is 0 Å². The van der Waals surface area contributed by atoms with Gasteiger partial charge >= 0.3 is 0 Å². The fourth-order valence-corrected chi connectivity index (χ4v) is 4.14. The quantitative estimate of drug-likeness (QED) is 0.857. The second-order valence-corrected chi connectivity index (χ2v) is 7.91. The van der Waals surface area contributed by atoms with Crippen LogP contribution in [-0.4, -0.2) is 23.3 Å². The summed E-state index contributed by atoms with van der Waals surface area (Å²) in [5.41, 5.74) is 4.18. The van der Waals surface area contributed by atoms with Crippen LogP contribution in [0, 0.1) is 5.92 Å². The molecule has 136 valence electrons. The van der Waals surface area contributed by atoms with E-state index in [4.69, 9.17) is 0 Å². The summed E-state index contributed by atoms with van der Waals surface area (Å²) in [5, 5.41) is 5.46. The lowest BCUT2D eigenvalue weighted by Gasteiger charge is -2.30. The summed E-state index contributed by atoms with van der Waals surface area (Å²) in [6.45, 7) is 2.81. The smallest absolute Gasteiger partial charge is 0.230 e. The molecule has 5 nitrogen and oxygen atoms in total. The van der Waals surface area contributed by atoms with Crippen molar-refractivity contribution < 1.29 is 9.59 Å². The van der Waals surface area contributed by atoms with Crippen molar-refractivity contribution in [3.05, 3.63) is 29.1 Å². The van der Waals surface area contributed by atoms with Gasteiger partial charge < -0.3 is 10.2 Å². The van der Waals surface area contributed by atoms with Gasteiger partial charge in [-0.2, -0.15) is 0 Å². The van der Waals surface area contributed by atoms with Crippen LogP contribution in [0.1, 0.15) is 44.6 Å². The molecule has 0 saturated heterocycles. The Morgan fingerprint density at radius 2 is 2.19 bits per heavy atom. The molecule has 1 aliphatic heterocycles. The molecule has 0 bridgehead atoms. The topological polar surface area (TPSA) is 62.3 Å². The summed E-state index contributed by atoms with van der Waals surface area (Å²) in [5.74, 6) is 0.537. The van der Waals surface area contributed by atoms with E-state index in [1.807, 2.05) is 23.3 Å². The molecular weight excluding hydrogens is 346 g/mol. The zero-order chi connectivity index (χ0) is 18.1. The van der Waals surface area contributed by atoms with Crippen molar-refractivity contribution in [2.75, 3.05) is 16.8 Å². The molecule has 26 heavy (non-hydrogen) atoms. The number of carbonyl (C=O) groups is 2. The molecule has 1 fully saturated rings. The van der Waals surface area contributed by atoms with Gasteiger partial charge in [0, 0.05) is 35.5 Å². The molecule has 1 aliphatic carbocycles. The molecule has 0 unspecified atom stereocenters. The Labute approximate surface area is 157 Å². The van der Waals surface area contributed by atoms with E-state index < -0.39 is 0 Å². The van der Waals surface area contributed by atoms with Gasteiger partial charge in [0.1, 0.15) is 0 Å². The second-order valence-electron chi connectivity index (χ2n) is 7.05. The summed E-state index contributed by atoms with van der Waals surface area (Å²) >= 11 is 1.45. The summed E-state index contributed by atoms with van der Waals surface area (Å²) in [6, 6.07) is 6.23. The number of aryl methyl sites for hydroxylation is 1. The first-order valence-electron chi connectivity index (χ1n) is 9.35.